The molecule has 7 nitrogen and oxygen atoms in total. The first-order valence-corrected chi connectivity index (χ1v) is 13.5. The second-order valence-corrected chi connectivity index (χ2v) is 14.2. The van der Waals surface area contributed by atoms with Gasteiger partial charge in [0.05, 0.1) is 11.7 Å². The molecule has 0 spiro atoms. The van der Waals surface area contributed by atoms with Crippen molar-refractivity contribution in [3.05, 3.63) is 23.8 Å². The van der Waals surface area contributed by atoms with E-state index >= 15 is 0 Å². The molecule has 0 heterocycles. The van der Waals surface area contributed by atoms with Gasteiger partial charge >= 0.3 is 0 Å². The van der Waals surface area contributed by atoms with Crippen molar-refractivity contribution in [2.24, 2.45) is 39.4 Å². The average Bonchev–Trinajstić information content (AvgIpc) is 2.96. The molecular formula is C30H44O7. The molecule has 4 aliphatic rings. The molecule has 3 saturated carbocycles. The summed E-state index contributed by atoms with van der Waals surface area (Å²) in [6.45, 7) is 14.0. The third-order valence-corrected chi connectivity index (χ3v) is 11.1. The van der Waals surface area contributed by atoms with Crippen LogP contribution in [0.15, 0.2) is 23.8 Å². The first-order chi connectivity index (χ1) is 16.7. The summed E-state index contributed by atoms with van der Waals surface area (Å²) in [5, 5.41) is 43.7. The summed E-state index contributed by atoms with van der Waals surface area (Å²) in [6, 6.07) is 0. The van der Waals surface area contributed by atoms with E-state index in [2.05, 4.69) is 13.0 Å². The average molecular weight is 517 g/mol. The van der Waals surface area contributed by atoms with Crippen molar-refractivity contribution in [2.45, 2.75) is 104 Å². The first-order valence-electron chi connectivity index (χ1n) is 13.5. The van der Waals surface area contributed by atoms with Gasteiger partial charge in [0.15, 0.2) is 11.6 Å². The van der Waals surface area contributed by atoms with Gasteiger partial charge in [0.1, 0.15) is 17.5 Å². The van der Waals surface area contributed by atoms with Gasteiger partial charge in [0, 0.05) is 23.2 Å². The van der Waals surface area contributed by atoms with Crippen LogP contribution in [-0.4, -0.2) is 61.2 Å². The van der Waals surface area contributed by atoms with Gasteiger partial charge in [-0.25, -0.2) is 0 Å². The van der Waals surface area contributed by atoms with E-state index in [4.69, 9.17) is 0 Å². The van der Waals surface area contributed by atoms with E-state index < -0.39 is 56.8 Å². The number of rotatable bonds is 4. The lowest BCUT2D eigenvalue weighted by Crippen LogP contribution is -2.65. The monoisotopic (exact) mass is 516 g/mol. The maximum atomic E-state index is 14.2. The number of carbonyl (C=O) groups is 3. The van der Waals surface area contributed by atoms with E-state index in [-0.39, 0.29) is 36.2 Å². The molecule has 0 aliphatic heterocycles. The molecule has 0 aromatic heterocycles. The number of ketones is 3. The van der Waals surface area contributed by atoms with Crippen molar-refractivity contribution in [3.63, 3.8) is 0 Å². The molecule has 3 fully saturated rings. The van der Waals surface area contributed by atoms with Gasteiger partial charge in [-0.05, 0) is 82.6 Å². The number of aliphatic hydroxyl groups excluding tert-OH is 2. The van der Waals surface area contributed by atoms with Crippen LogP contribution in [0.4, 0.5) is 0 Å². The van der Waals surface area contributed by atoms with Crippen LogP contribution in [0.3, 0.4) is 0 Å². The van der Waals surface area contributed by atoms with Crippen LogP contribution in [0.25, 0.3) is 0 Å². The van der Waals surface area contributed by atoms with Crippen molar-refractivity contribution >= 4 is 17.3 Å². The minimum absolute atomic E-state index is 0.0141. The van der Waals surface area contributed by atoms with E-state index in [1.165, 1.54) is 32.9 Å². The Morgan fingerprint density at radius 1 is 1.03 bits per heavy atom. The number of hydrogen-bond acceptors (Lipinski definition) is 7. The Kier molecular flexibility index (Phi) is 6.26. The molecule has 9 atom stereocenters. The molecule has 0 aromatic carbocycles. The van der Waals surface area contributed by atoms with Crippen LogP contribution in [0, 0.1) is 39.4 Å². The van der Waals surface area contributed by atoms with Crippen LogP contribution in [0.2, 0.25) is 0 Å². The van der Waals surface area contributed by atoms with E-state index in [0.29, 0.717) is 12.8 Å². The third-order valence-electron chi connectivity index (χ3n) is 11.1. The molecule has 206 valence electrons. The molecule has 0 amide bonds. The zero-order chi connectivity index (χ0) is 28.1. The maximum Gasteiger partial charge on any atom is 0.187 e. The quantitative estimate of drug-likeness (QED) is 0.334. The molecule has 37 heavy (non-hydrogen) atoms. The van der Waals surface area contributed by atoms with Gasteiger partial charge in [-0.15, -0.1) is 0 Å². The van der Waals surface area contributed by atoms with E-state index in [9.17, 15) is 34.8 Å². The number of allylic oxidation sites excluding steroid dienone is 2. The van der Waals surface area contributed by atoms with Gasteiger partial charge in [0.2, 0.25) is 0 Å². The smallest absolute Gasteiger partial charge is 0.187 e. The van der Waals surface area contributed by atoms with Crippen LogP contribution >= 0.6 is 0 Å². The SMILES string of the molecule is CC(C)(O)/C=C/C(=O)[C@@](C)(O)[C@H]1[C@H](O)C[C@@]2(C)[C@@H]3CC=C4[C@@H](C[C@@H](O)C(=O)C4(C)C)[C@]3(C)C(=O)C[C@]12C. The number of Topliss-reactive ketones (excluding diaryl/α,β-unsaturated/α-hetero) is 2. The number of carbonyl (C=O) groups excluding carboxylic acids is 3. The van der Waals surface area contributed by atoms with Crippen molar-refractivity contribution in [1.29, 1.82) is 0 Å². The minimum atomic E-state index is -1.95. The lowest BCUT2D eigenvalue weighted by atomic mass is 9.38. The maximum absolute atomic E-state index is 14.2. The molecule has 0 bridgehead atoms. The second-order valence-electron chi connectivity index (χ2n) is 14.2. The molecule has 0 unspecified atom stereocenters. The van der Waals surface area contributed by atoms with Crippen LogP contribution in [-0.2, 0) is 14.4 Å². The zero-order valence-electron chi connectivity index (χ0n) is 23.5. The summed E-state index contributed by atoms with van der Waals surface area (Å²) in [7, 11) is 0. The summed E-state index contributed by atoms with van der Waals surface area (Å²) in [6.07, 6.45) is 3.54. The summed E-state index contributed by atoms with van der Waals surface area (Å²) in [5.41, 5.74) is -5.46. The van der Waals surface area contributed by atoms with Gasteiger partial charge in [-0.1, -0.05) is 38.5 Å². The Morgan fingerprint density at radius 3 is 2.19 bits per heavy atom. The lowest BCUT2D eigenvalue weighted by molar-refractivity contribution is -0.183. The van der Waals surface area contributed by atoms with Gasteiger partial charge in [-0.3, -0.25) is 14.4 Å². The van der Waals surface area contributed by atoms with E-state index in [1.807, 2.05) is 27.7 Å². The summed E-state index contributed by atoms with van der Waals surface area (Å²) in [4.78, 5) is 40.2. The molecular weight excluding hydrogens is 472 g/mol. The molecule has 7 heteroatoms. The lowest BCUT2D eigenvalue weighted by Gasteiger charge is -2.64. The number of hydrogen-bond donors (Lipinski definition) is 4. The Morgan fingerprint density at radius 2 is 1.62 bits per heavy atom. The highest BCUT2D eigenvalue weighted by atomic mass is 16.3. The minimum Gasteiger partial charge on any atom is -0.393 e. The highest BCUT2D eigenvalue weighted by Gasteiger charge is 2.74. The fraction of sp³-hybridized carbons (Fsp3) is 0.767. The van der Waals surface area contributed by atoms with Crippen molar-refractivity contribution < 1.29 is 34.8 Å². The van der Waals surface area contributed by atoms with Crippen LogP contribution in [0.1, 0.15) is 81.1 Å². The third kappa shape index (κ3) is 3.71. The Hall–Kier alpha value is -1.67. The fourth-order valence-corrected chi connectivity index (χ4v) is 9.00. The molecule has 4 aliphatic carbocycles. The molecule has 0 radical (unpaired) electrons. The number of fused-ring (bicyclic) bond motifs is 5. The number of aliphatic hydroxyl groups is 4. The van der Waals surface area contributed by atoms with E-state index in [1.54, 1.807) is 0 Å². The molecule has 0 aromatic rings. The van der Waals surface area contributed by atoms with E-state index in [0.717, 1.165) is 5.57 Å². The van der Waals surface area contributed by atoms with Crippen LogP contribution in [0.5, 0.6) is 0 Å². The molecule has 0 saturated heterocycles. The predicted octanol–water partition coefficient (Wildman–Crippen LogP) is 2.93. The molecule has 4 rings (SSSR count). The topological polar surface area (TPSA) is 132 Å². The first kappa shape index (κ1) is 28.3. The Balaban J connectivity index is 1.80. The zero-order valence-corrected chi connectivity index (χ0v) is 23.5. The van der Waals surface area contributed by atoms with Gasteiger partial charge in [-0.2, -0.15) is 0 Å². The Labute approximate surface area is 220 Å². The van der Waals surface area contributed by atoms with Crippen molar-refractivity contribution in [3.8, 4) is 0 Å². The van der Waals surface area contributed by atoms with Crippen molar-refractivity contribution in [2.75, 3.05) is 0 Å². The fourth-order valence-electron chi connectivity index (χ4n) is 9.00. The highest BCUT2D eigenvalue weighted by Crippen LogP contribution is 2.74. The standard InChI is InChI=1S/C30H44O7/c1-25(2,36)12-11-21(33)30(8,37)23-19(32)14-27(5)20-10-9-16-17(13-18(31)24(35)26(16,3)4)29(20,7)22(34)15-28(23,27)6/h9,11-12,17-20,23,31-32,36-37H,10,13-15H2,1-8H3/b12-11+/t17-,18-,19-,20+,23+,27+,28-,29+,30-/m1/s1. The highest BCUT2D eigenvalue weighted by molar-refractivity contribution is 5.98. The predicted molar refractivity (Wildman–Crippen MR) is 138 cm³/mol. The normalized spacial score (nSPS) is 45.1. The van der Waals surface area contributed by atoms with Gasteiger partial charge in [0.25, 0.3) is 0 Å². The second kappa shape index (κ2) is 8.17. The summed E-state index contributed by atoms with van der Waals surface area (Å²) < 4.78 is 0. The Bertz CT molecular complexity index is 1090. The van der Waals surface area contributed by atoms with Crippen molar-refractivity contribution in [1.82, 2.24) is 0 Å². The summed E-state index contributed by atoms with van der Waals surface area (Å²) in [5.74, 6) is -2.24. The summed E-state index contributed by atoms with van der Waals surface area (Å²) >= 11 is 0. The largest absolute Gasteiger partial charge is 0.393 e. The van der Waals surface area contributed by atoms with Gasteiger partial charge < -0.3 is 20.4 Å². The van der Waals surface area contributed by atoms with Crippen LogP contribution < -0.4 is 0 Å². The molecule has 4 N–H and O–H groups in total.